The van der Waals surface area contributed by atoms with Gasteiger partial charge in [0.05, 0.1) is 12.6 Å². The van der Waals surface area contributed by atoms with Crippen LogP contribution in [-0.2, 0) is 9.53 Å². The van der Waals surface area contributed by atoms with Gasteiger partial charge in [0.2, 0.25) is 5.91 Å². The minimum absolute atomic E-state index is 0.0682. The maximum atomic E-state index is 12.3. The SMILES string of the molecule is C=CCOc1cccc(NC(=O)CNc2cccc(C(=O)NCC3CCCO3)c2)c1. The van der Waals surface area contributed by atoms with E-state index in [1.807, 2.05) is 12.1 Å². The smallest absolute Gasteiger partial charge is 0.251 e. The van der Waals surface area contributed by atoms with Crippen LogP contribution in [-0.4, -0.2) is 44.2 Å². The zero-order chi connectivity index (χ0) is 21.2. The van der Waals surface area contributed by atoms with Crippen molar-refractivity contribution in [1.82, 2.24) is 5.32 Å². The first-order valence-corrected chi connectivity index (χ1v) is 10.0. The Bertz CT molecular complexity index is 878. The number of nitrogens with one attached hydrogen (secondary N) is 3. The van der Waals surface area contributed by atoms with Gasteiger partial charge in [0.15, 0.2) is 0 Å². The van der Waals surface area contributed by atoms with Crippen molar-refractivity contribution in [2.24, 2.45) is 0 Å². The number of rotatable bonds is 10. The highest BCUT2D eigenvalue weighted by Gasteiger charge is 2.16. The fraction of sp³-hybridized carbons (Fsp3) is 0.304. The lowest BCUT2D eigenvalue weighted by molar-refractivity contribution is -0.114. The zero-order valence-corrected chi connectivity index (χ0v) is 16.9. The molecule has 30 heavy (non-hydrogen) atoms. The molecule has 2 aromatic carbocycles. The van der Waals surface area contributed by atoms with Crippen LogP contribution >= 0.6 is 0 Å². The molecule has 3 rings (SSSR count). The van der Waals surface area contributed by atoms with Crippen molar-refractivity contribution in [1.29, 1.82) is 0 Å². The standard InChI is InChI=1S/C23H27N3O4/c1-2-11-29-20-9-4-8-19(14-20)26-22(27)16-24-18-7-3-6-17(13-18)23(28)25-15-21-10-5-12-30-21/h2-4,6-9,13-14,21,24H,1,5,10-12,15-16H2,(H,25,28)(H,26,27). The molecule has 2 amide bonds. The van der Waals surface area contributed by atoms with Crippen molar-refractivity contribution < 1.29 is 19.1 Å². The number of hydrogen-bond donors (Lipinski definition) is 3. The first-order valence-electron chi connectivity index (χ1n) is 10.0. The summed E-state index contributed by atoms with van der Waals surface area (Å²) in [4.78, 5) is 24.6. The van der Waals surface area contributed by atoms with Crippen molar-refractivity contribution in [3.63, 3.8) is 0 Å². The predicted octanol–water partition coefficient (Wildman–Crippen LogP) is 3.21. The lowest BCUT2D eigenvalue weighted by atomic mass is 10.1. The van der Waals surface area contributed by atoms with E-state index in [0.29, 0.717) is 35.8 Å². The van der Waals surface area contributed by atoms with Crippen molar-refractivity contribution in [3.8, 4) is 5.75 Å². The Kier molecular flexibility index (Phi) is 7.86. The van der Waals surface area contributed by atoms with E-state index in [4.69, 9.17) is 9.47 Å². The quantitative estimate of drug-likeness (QED) is 0.525. The maximum Gasteiger partial charge on any atom is 0.251 e. The van der Waals surface area contributed by atoms with E-state index in [-0.39, 0.29) is 24.5 Å². The fourth-order valence-corrected chi connectivity index (χ4v) is 3.09. The number of carbonyl (C=O) groups excluding carboxylic acids is 2. The number of benzene rings is 2. The number of anilines is 2. The molecule has 0 radical (unpaired) electrons. The Morgan fingerprint density at radius 3 is 2.80 bits per heavy atom. The van der Waals surface area contributed by atoms with Crippen LogP contribution < -0.4 is 20.7 Å². The van der Waals surface area contributed by atoms with E-state index in [0.717, 1.165) is 19.4 Å². The van der Waals surface area contributed by atoms with E-state index < -0.39 is 0 Å². The van der Waals surface area contributed by atoms with Gasteiger partial charge >= 0.3 is 0 Å². The third kappa shape index (κ3) is 6.63. The summed E-state index contributed by atoms with van der Waals surface area (Å²) >= 11 is 0. The Labute approximate surface area is 176 Å². The van der Waals surface area contributed by atoms with Crippen LogP contribution in [0.25, 0.3) is 0 Å². The molecule has 7 nitrogen and oxygen atoms in total. The fourth-order valence-electron chi connectivity index (χ4n) is 3.09. The Hall–Kier alpha value is -3.32. The molecule has 0 saturated carbocycles. The topological polar surface area (TPSA) is 88.7 Å². The lowest BCUT2D eigenvalue weighted by Crippen LogP contribution is -2.31. The highest BCUT2D eigenvalue weighted by atomic mass is 16.5. The highest BCUT2D eigenvalue weighted by molar-refractivity contribution is 5.96. The van der Waals surface area contributed by atoms with Crippen LogP contribution in [0.5, 0.6) is 5.75 Å². The molecule has 1 heterocycles. The molecule has 1 unspecified atom stereocenters. The van der Waals surface area contributed by atoms with Crippen LogP contribution in [0, 0.1) is 0 Å². The molecule has 1 aliphatic heterocycles. The summed E-state index contributed by atoms with van der Waals surface area (Å²) in [7, 11) is 0. The monoisotopic (exact) mass is 409 g/mol. The van der Waals surface area contributed by atoms with Crippen molar-refractivity contribution in [2.45, 2.75) is 18.9 Å². The Morgan fingerprint density at radius 2 is 2.00 bits per heavy atom. The average Bonchev–Trinajstić information content (AvgIpc) is 3.29. The van der Waals surface area contributed by atoms with E-state index in [1.54, 1.807) is 42.5 Å². The average molecular weight is 409 g/mol. The van der Waals surface area contributed by atoms with Gasteiger partial charge in [0, 0.05) is 36.2 Å². The van der Waals surface area contributed by atoms with Gasteiger partial charge in [-0.2, -0.15) is 0 Å². The normalized spacial score (nSPS) is 15.3. The molecule has 2 aromatic rings. The summed E-state index contributed by atoms with van der Waals surface area (Å²) in [6.45, 7) is 5.35. The van der Waals surface area contributed by atoms with Gasteiger partial charge in [-0.3, -0.25) is 9.59 Å². The largest absolute Gasteiger partial charge is 0.489 e. The lowest BCUT2D eigenvalue weighted by Gasteiger charge is -2.12. The molecular weight excluding hydrogens is 382 g/mol. The summed E-state index contributed by atoms with van der Waals surface area (Å²) in [5.74, 6) is 0.293. The van der Waals surface area contributed by atoms with Crippen molar-refractivity contribution in [3.05, 3.63) is 66.7 Å². The number of amides is 2. The minimum Gasteiger partial charge on any atom is -0.489 e. The van der Waals surface area contributed by atoms with Gasteiger partial charge < -0.3 is 25.4 Å². The molecule has 0 bridgehead atoms. The molecule has 3 N–H and O–H groups in total. The molecule has 1 saturated heterocycles. The minimum atomic E-state index is -0.205. The highest BCUT2D eigenvalue weighted by Crippen LogP contribution is 2.17. The molecule has 1 aliphatic rings. The third-order valence-corrected chi connectivity index (χ3v) is 4.58. The van der Waals surface area contributed by atoms with Gasteiger partial charge in [-0.25, -0.2) is 0 Å². The van der Waals surface area contributed by atoms with E-state index in [1.165, 1.54) is 0 Å². The van der Waals surface area contributed by atoms with E-state index >= 15 is 0 Å². The first-order chi connectivity index (χ1) is 14.6. The van der Waals surface area contributed by atoms with E-state index in [2.05, 4.69) is 22.5 Å². The van der Waals surface area contributed by atoms with Gasteiger partial charge in [0.1, 0.15) is 12.4 Å². The summed E-state index contributed by atoms with van der Waals surface area (Å²) in [6.07, 6.45) is 3.76. The number of hydrogen-bond acceptors (Lipinski definition) is 5. The summed E-state index contributed by atoms with van der Waals surface area (Å²) in [6, 6.07) is 14.2. The molecular formula is C23H27N3O4. The second kappa shape index (κ2) is 11.0. The van der Waals surface area contributed by atoms with Gasteiger partial charge in [-0.15, -0.1) is 0 Å². The second-order valence-electron chi connectivity index (χ2n) is 6.96. The molecule has 0 spiro atoms. The molecule has 1 atom stereocenters. The van der Waals surface area contributed by atoms with Crippen LogP contribution in [0.1, 0.15) is 23.2 Å². The Morgan fingerprint density at radius 1 is 1.17 bits per heavy atom. The molecule has 0 aromatic heterocycles. The first kappa shape index (κ1) is 21.4. The van der Waals surface area contributed by atoms with Gasteiger partial charge in [0.25, 0.3) is 5.91 Å². The summed E-state index contributed by atoms with van der Waals surface area (Å²) < 4.78 is 11.0. The van der Waals surface area contributed by atoms with Crippen molar-refractivity contribution >= 4 is 23.2 Å². The third-order valence-electron chi connectivity index (χ3n) is 4.58. The van der Waals surface area contributed by atoms with E-state index in [9.17, 15) is 9.59 Å². The van der Waals surface area contributed by atoms with Gasteiger partial charge in [-0.1, -0.05) is 24.8 Å². The zero-order valence-electron chi connectivity index (χ0n) is 16.9. The van der Waals surface area contributed by atoms with Crippen molar-refractivity contribution in [2.75, 3.05) is 36.9 Å². The predicted molar refractivity (Wildman–Crippen MR) is 117 cm³/mol. The van der Waals surface area contributed by atoms with Crippen LogP contribution in [0.4, 0.5) is 11.4 Å². The number of ether oxygens (including phenoxy) is 2. The summed E-state index contributed by atoms with van der Waals surface area (Å²) in [5, 5.41) is 8.76. The second-order valence-corrected chi connectivity index (χ2v) is 6.96. The molecule has 0 aliphatic carbocycles. The van der Waals surface area contributed by atoms with Crippen LogP contribution in [0.15, 0.2) is 61.2 Å². The molecule has 1 fully saturated rings. The maximum absolute atomic E-state index is 12.3. The molecule has 158 valence electrons. The van der Waals surface area contributed by atoms with Gasteiger partial charge in [-0.05, 0) is 43.2 Å². The van der Waals surface area contributed by atoms with Crippen LogP contribution in [0.2, 0.25) is 0 Å². The number of carbonyl (C=O) groups is 2. The Balaban J connectivity index is 1.48. The van der Waals surface area contributed by atoms with Crippen LogP contribution in [0.3, 0.4) is 0 Å². The summed E-state index contributed by atoms with van der Waals surface area (Å²) in [5.41, 5.74) is 1.87. The molecule has 7 heteroatoms.